The second kappa shape index (κ2) is 2.90. The average Bonchev–Trinajstić information content (AvgIpc) is 2.04. The predicted octanol–water partition coefficient (Wildman–Crippen LogP) is 0.912. The van der Waals surface area contributed by atoms with E-state index in [1.54, 1.807) is 0 Å². The van der Waals surface area contributed by atoms with Crippen LogP contribution in [0.2, 0.25) is 0 Å². The number of fused-ring (bicyclic) bond motifs is 2. The molecular weight excluding hydrogens is 154 g/mol. The largest absolute Gasteiger partial charge is 0.515 e. The van der Waals surface area contributed by atoms with Crippen molar-refractivity contribution in [2.45, 2.75) is 37.8 Å². The van der Waals surface area contributed by atoms with Crippen LogP contribution >= 0.6 is 0 Å². The van der Waals surface area contributed by atoms with E-state index in [0.717, 1.165) is 25.5 Å². The first-order valence-electron chi connectivity index (χ1n) is 4.45. The van der Waals surface area contributed by atoms with Crippen molar-refractivity contribution in [3.05, 3.63) is 11.8 Å². The molecule has 12 heavy (non-hydrogen) atoms. The molecule has 0 saturated carbocycles. The summed E-state index contributed by atoms with van der Waals surface area (Å²) in [6.07, 6.45) is 4.77. The number of ketones is 1. The first kappa shape index (κ1) is 7.80. The molecule has 2 heterocycles. The zero-order chi connectivity index (χ0) is 8.55. The van der Waals surface area contributed by atoms with E-state index in [-0.39, 0.29) is 11.8 Å². The molecule has 66 valence electrons. The van der Waals surface area contributed by atoms with Crippen LogP contribution in [0.15, 0.2) is 11.8 Å². The maximum absolute atomic E-state index is 11.4. The molecule has 0 aromatic rings. The molecule has 0 aromatic carbocycles. The number of hydrogen-bond acceptors (Lipinski definition) is 3. The number of aliphatic hydroxyl groups excluding tert-OH is 1. The molecule has 3 heteroatoms. The Balaban J connectivity index is 2.21. The lowest BCUT2D eigenvalue weighted by atomic mass is 9.83. The van der Waals surface area contributed by atoms with Gasteiger partial charge in [0.15, 0.2) is 5.78 Å². The standard InChI is InChI=1S/C9H13NO2/c11-5-7-8-3-1-2-6(10-8)4-9(7)12/h5-6,8,10-11H,1-4H2/b7-5+. The molecule has 0 amide bonds. The lowest BCUT2D eigenvalue weighted by molar-refractivity contribution is -0.118. The van der Waals surface area contributed by atoms with Crippen LogP contribution < -0.4 is 5.32 Å². The van der Waals surface area contributed by atoms with Gasteiger partial charge >= 0.3 is 0 Å². The minimum atomic E-state index is 0.117. The van der Waals surface area contributed by atoms with E-state index < -0.39 is 0 Å². The number of rotatable bonds is 0. The van der Waals surface area contributed by atoms with Crippen LogP contribution in [0.4, 0.5) is 0 Å². The highest BCUT2D eigenvalue weighted by Gasteiger charge is 2.33. The second-order valence-corrected chi connectivity index (χ2v) is 3.56. The SMILES string of the molecule is O=C1CC2CCCC(N2)/C1=C\O. The molecule has 2 saturated heterocycles. The Hall–Kier alpha value is -0.830. The quantitative estimate of drug-likeness (QED) is 0.416. The number of carbonyl (C=O) groups is 1. The number of aliphatic hydroxyl groups is 1. The Morgan fingerprint density at radius 3 is 3.08 bits per heavy atom. The summed E-state index contributed by atoms with van der Waals surface area (Å²) in [6.45, 7) is 0. The van der Waals surface area contributed by atoms with Gasteiger partial charge in [-0.15, -0.1) is 0 Å². The molecular formula is C9H13NO2. The molecule has 2 atom stereocenters. The molecule has 2 unspecified atom stereocenters. The second-order valence-electron chi connectivity index (χ2n) is 3.56. The minimum Gasteiger partial charge on any atom is -0.515 e. The fourth-order valence-electron chi connectivity index (χ4n) is 2.12. The molecule has 2 N–H and O–H groups in total. The van der Waals surface area contributed by atoms with E-state index in [2.05, 4.69) is 5.32 Å². The Labute approximate surface area is 71.5 Å². The average molecular weight is 167 g/mol. The van der Waals surface area contributed by atoms with Crippen molar-refractivity contribution in [2.75, 3.05) is 0 Å². The van der Waals surface area contributed by atoms with Crippen LogP contribution in [0.3, 0.4) is 0 Å². The van der Waals surface area contributed by atoms with Gasteiger partial charge in [-0.2, -0.15) is 0 Å². The topological polar surface area (TPSA) is 49.3 Å². The molecule has 0 aromatic heterocycles. The molecule has 2 aliphatic heterocycles. The van der Waals surface area contributed by atoms with E-state index in [4.69, 9.17) is 5.11 Å². The summed E-state index contributed by atoms with van der Waals surface area (Å²) in [5.74, 6) is 0.117. The number of piperidine rings is 2. The fraction of sp³-hybridized carbons (Fsp3) is 0.667. The van der Waals surface area contributed by atoms with Crippen LogP contribution in [0, 0.1) is 0 Å². The van der Waals surface area contributed by atoms with Gasteiger partial charge in [0.25, 0.3) is 0 Å². The highest BCUT2D eigenvalue weighted by Crippen LogP contribution is 2.26. The van der Waals surface area contributed by atoms with Gasteiger partial charge < -0.3 is 10.4 Å². The summed E-state index contributed by atoms with van der Waals surface area (Å²) in [4.78, 5) is 11.4. The Morgan fingerprint density at radius 2 is 2.33 bits per heavy atom. The summed E-state index contributed by atoms with van der Waals surface area (Å²) in [5, 5.41) is 12.2. The summed E-state index contributed by atoms with van der Waals surface area (Å²) in [5.41, 5.74) is 0.575. The van der Waals surface area contributed by atoms with Crippen molar-refractivity contribution < 1.29 is 9.90 Å². The van der Waals surface area contributed by atoms with Crippen molar-refractivity contribution in [1.29, 1.82) is 0 Å². The first-order valence-corrected chi connectivity index (χ1v) is 4.45. The normalized spacial score (nSPS) is 38.7. The first-order chi connectivity index (χ1) is 5.81. The zero-order valence-electron chi connectivity index (χ0n) is 6.92. The van der Waals surface area contributed by atoms with E-state index in [1.165, 1.54) is 0 Å². The van der Waals surface area contributed by atoms with Gasteiger partial charge in [-0.05, 0) is 19.3 Å². The summed E-state index contributed by atoms with van der Waals surface area (Å²) in [7, 11) is 0. The molecule has 2 bridgehead atoms. The lowest BCUT2D eigenvalue weighted by Crippen LogP contribution is -2.50. The Morgan fingerprint density at radius 1 is 1.50 bits per heavy atom. The monoisotopic (exact) mass is 167 g/mol. The summed E-state index contributed by atoms with van der Waals surface area (Å²) >= 11 is 0. The summed E-state index contributed by atoms with van der Waals surface area (Å²) < 4.78 is 0. The number of nitrogens with one attached hydrogen (secondary N) is 1. The molecule has 0 radical (unpaired) electrons. The molecule has 3 nitrogen and oxygen atoms in total. The van der Waals surface area contributed by atoms with Crippen molar-refractivity contribution in [3.8, 4) is 0 Å². The molecule has 0 aliphatic carbocycles. The zero-order valence-corrected chi connectivity index (χ0v) is 6.92. The van der Waals surface area contributed by atoms with Crippen LogP contribution in [-0.2, 0) is 4.79 Å². The highest BCUT2D eigenvalue weighted by molar-refractivity contribution is 5.97. The van der Waals surface area contributed by atoms with Crippen molar-refractivity contribution in [1.82, 2.24) is 5.32 Å². The van der Waals surface area contributed by atoms with Gasteiger partial charge in [0, 0.05) is 24.1 Å². The highest BCUT2D eigenvalue weighted by atomic mass is 16.2. The van der Waals surface area contributed by atoms with Gasteiger partial charge in [-0.1, -0.05) is 0 Å². The molecule has 0 spiro atoms. The fourth-order valence-corrected chi connectivity index (χ4v) is 2.12. The van der Waals surface area contributed by atoms with Crippen molar-refractivity contribution in [2.24, 2.45) is 0 Å². The molecule has 2 fully saturated rings. The third kappa shape index (κ3) is 1.14. The van der Waals surface area contributed by atoms with E-state index in [9.17, 15) is 4.79 Å². The maximum atomic E-state index is 11.4. The third-order valence-corrected chi connectivity index (χ3v) is 2.75. The van der Waals surface area contributed by atoms with Crippen molar-refractivity contribution in [3.63, 3.8) is 0 Å². The van der Waals surface area contributed by atoms with Gasteiger partial charge in [0.1, 0.15) is 0 Å². The number of Topliss-reactive ketones (excluding diaryl/α,β-unsaturated/α-hetero) is 1. The van der Waals surface area contributed by atoms with Gasteiger partial charge in [-0.3, -0.25) is 4.79 Å². The third-order valence-electron chi connectivity index (χ3n) is 2.75. The van der Waals surface area contributed by atoms with E-state index in [1.807, 2.05) is 0 Å². The van der Waals surface area contributed by atoms with Crippen LogP contribution in [-0.4, -0.2) is 23.0 Å². The van der Waals surface area contributed by atoms with Gasteiger partial charge in [-0.25, -0.2) is 0 Å². The van der Waals surface area contributed by atoms with E-state index >= 15 is 0 Å². The summed E-state index contributed by atoms with van der Waals surface area (Å²) in [6, 6.07) is 0.481. The number of hydrogen-bond donors (Lipinski definition) is 2. The minimum absolute atomic E-state index is 0.117. The van der Waals surface area contributed by atoms with Crippen LogP contribution in [0.25, 0.3) is 0 Å². The Kier molecular flexibility index (Phi) is 1.89. The van der Waals surface area contributed by atoms with Crippen molar-refractivity contribution >= 4 is 5.78 Å². The van der Waals surface area contributed by atoms with Crippen LogP contribution in [0.5, 0.6) is 0 Å². The lowest BCUT2D eigenvalue weighted by Gasteiger charge is -2.36. The molecule has 2 rings (SSSR count). The van der Waals surface area contributed by atoms with E-state index in [0.29, 0.717) is 18.0 Å². The maximum Gasteiger partial charge on any atom is 0.165 e. The van der Waals surface area contributed by atoms with Gasteiger partial charge in [0.05, 0.1) is 6.26 Å². The van der Waals surface area contributed by atoms with Gasteiger partial charge in [0.2, 0.25) is 0 Å². The molecule has 2 aliphatic rings. The van der Waals surface area contributed by atoms with Crippen LogP contribution in [0.1, 0.15) is 25.7 Å². The number of carbonyl (C=O) groups excluding carboxylic acids is 1. The predicted molar refractivity (Wildman–Crippen MR) is 44.9 cm³/mol. The smallest absolute Gasteiger partial charge is 0.165 e. The Bertz CT molecular complexity index is 235.